The first-order valence-electron chi connectivity index (χ1n) is 7.99. The minimum atomic E-state index is -0.577. The van der Waals surface area contributed by atoms with E-state index in [0.29, 0.717) is 43.6 Å². The number of ether oxygens (including phenoxy) is 4. The van der Waals surface area contributed by atoms with Gasteiger partial charge in [-0.05, 0) is 33.8 Å². The largest absolute Gasteiger partial charge is 0.490 e. The van der Waals surface area contributed by atoms with Gasteiger partial charge in [0, 0.05) is 23.9 Å². The quantitative estimate of drug-likeness (QED) is 0.699. The zero-order valence-electron chi connectivity index (χ0n) is 14.7. The third kappa shape index (κ3) is 6.39. The summed E-state index contributed by atoms with van der Waals surface area (Å²) >= 11 is 0. The van der Waals surface area contributed by atoms with Gasteiger partial charge in [0.25, 0.3) is 0 Å². The Morgan fingerprint density at radius 3 is 2.50 bits per heavy atom. The van der Waals surface area contributed by atoms with Crippen LogP contribution in [0.5, 0.6) is 11.5 Å². The van der Waals surface area contributed by atoms with Crippen molar-refractivity contribution in [3.8, 4) is 23.3 Å². The van der Waals surface area contributed by atoms with Crippen LogP contribution in [0.15, 0.2) is 12.1 Å². The number of nitrogens with one attached hydrogen (secondary N) is 1. The fourth-order valence-corrected chi connectivity index (χ4v) is 1.95. The molecule has 0 radical (unpaired) electrons. The number of anilines is 1. The summed E-state index contributed by atoms with van der Waals surface area (Å²) in [6.45, 7) is 9.35. The molecule has 0 heterocycles. The fourth-order valence-electron chi connectivity index (χ4n) is 1.95. The highest BCUT2D eigenvalue weighted by Crippen LogP contribution is 2.35. The number of carbonyl (C=O) groups excluding carboxylic acids is 1. The van der Waals surface area contributed by atoms with Crippen LogP contribution in [0.3, 0.4) is 0 Å². The number of amides is 1. The predicted molar refractivity (Wildman–Crippen MR) is 92.5 cm³/mol. The van der Waals surface area contributed by atoms with Crippen LogP contribution in [0.4, 0.5) is 10.5 Å². The monoisotopic (exact) mass is 335 g/mol. The average Bonchev–Trinajstić information content (AvgIpc) is 2.56. The molecule has 6 heteroatoms. The first-order valence-corrected chi connectivity index (χ1v) is 7.99. The number of rotatable bonds is 9. The molecule has 1 N–H and O–H groups in total. The smallest absolute Gasteiger partial charge is 0.412 e. The molecule has 1 aromatic rings. The van der Waals surface area contributed by atoms with Crippen LogP contribution in [0, 0.1) is 11.8 Å². The van der Waals surface area contributed by atoms with Crippen molar-refractivity contribution in [3.05, 3.63) is 17.7 Å². The van der Waals surface area contributed by atoms with Gasteiger partial charge in [-0.25, -0.2) is 4.79 Å². The summed E-state index contributed by atoms with van der Waals surface area (Å²) in [6.07, 6.45) is -0.577. The first-order chi connectivity index (χ1) is 11.7. The van der Waals surface area contributed by atoms with Crippen molar-refractivity contribution < 1.29 is 23.7 Å². The molecule has 0 bridgehead atoms. The Bertz CT molecular complexity index is 589. The average molecular weight is 335 g/mol. The van der Waals surface area contributed by atoms with Crippen LogP contribution < -0.4 is 14.8 Å². The molecule has 132 valence electrons. The summed E-state index contributed by atoms with van der Waals surface area (Å²) in [6, 6.07) is 3.49. The molecular weight excluding hydrogens is 310 g/mol. The van der Waals surface area contributed by atoms with Crippen molar-refractivity contribution in [2.75, 3.05) is 31.7 Å². The van der Waals surface area contributed by atoms with E-state index >= 15 is 0 Å². The van der Waals surface area contributed by atoms with Gasteiger partial charge >= 0.3 is 6.09 Å². The summed E-state index contributed by atoms with van der Waals surface area (Å²) in [4.78, 5) is 11.8. The summed E-state index contributed by atoms with van der Waals surface area (Å²) in [7, 11) is 0. The predicted octanol–water partition coefficient (Wildman–Crippen LogP) is 3.59. The van der Waals surface area contributed by atoms with E-state index in [2.05, 4.69) is 17.2 Å². The van der Waals surface area contributed by atoms with Gasteiger partial charge in [-0.3, -0.25) is 5.32 Å². The Hall–Kier alpha value is -2.39. The van der Waals surface area contributed by atoms with Crippen molar-refractivity contribution in [2.45, 2.75) is 34.3 Å². The lowest BCUT2D eigenvalue weighted by Crippen LogP contribution is -2.14. The Labute approximate surface area is 143 Å². The van der Waals surface area contributed by atoms with Crippen LogP contribution in [-0.4, -0.2) is 32.5 Å². The van der Waals surface area contributed by atoms with Crippen LogP contribution in [0.25, 0.3) is 0 Å². The number of hydrogen-bond donors (Lipinski definition) is 1. The van der Waals surface area contributed by atoms with Gasteiger partial charge in [0.1, 0.15) is 0 Å². The van der Waals surface area contributed by atoms with E-state index < -0.39 is 6.09 Å². The second kappa shape index (κ2) is 11.2. The van der Waals surface area contributed by atoms with Gasteiger partial charge in [0.15, 0.2) is 18.1 Å². The summed E-state index contributed by atoms with van der Waals surface area (Å²) < 4.78 is 21.8. The van der Waals surface area contributed by atoms with E-state index in [1.807, 2.05) is 20.8 Å². The third-order valence-corrected chi connectivity index (χ3v) is 2.88. The highest BCUT2D eigenvalue weighted by Gasteiger charge is 2.15. The van der Waals surface area contributed by atoms with Crippen molar-refractivity contribution in [3.63, 3.8) is 0 Å². The van der Waals surface area contributed by atoms with E-state index in [-0.39, 0.29) is 6.61 Å². The van der Waals surface area contributed by atoms with Crippen LogP contribution >= 0.6 is 0 Å². The molecular formula is C18H25NO5. The van der Waals surface area contributed by atoms with Crippen molar-refractivity contribution >= 4 is 11.8 Å². The Balaban J connectivity index is 3.03. The molecule has 0 saturated carbocycles. The molecule has 0 aliphatic heterocycles. The lowest BCUT2D eigenvalue weighted by molar-refractivity contribution is 0.130. The molecule has 1 rings (SSSR count). The van der Waals surface area contributed by atoms with Crippen molar-refractivity contribution in [2.24, 2.45) is 0 Å². The minimum Gasteiger partial charge on any atom is -0.490 e. The van der Waals surface area contributed by atoms with Gasteiger partial charge in [0.2, 0.25) is 0 Å². The summed E-state index contributed by atoms with van der Waals surface area (Å²) in [5, 5.41) is 2.67. The maximum Gasteiger partial charge on any atom is 0.412 e. The molecule has 0 atom stereocenters. The minimum absolute atomic E-state index is 0.0451. The Morgan fingerprint density at radius 2 is 1.88 bits per heavy atom. The number of hydrogen-bond acceptors (Lipinski definition) is 5. The third-order valence-electron chi connectivity index (χ3n) is 2.88. The van der Waals surface area contributed by atoms with Crippen LogP contribution in [0.2, 0.25) is 0 Å². The SMILES string of the molecule is CC#CCOC(=O)Nc1cc(COCC)c(OCC)c(OCC)c1. The second-order valence-corrected chi connectivity index (χ2v) is 4.59. The molecule has 0 spiro atoms. The van der Waals surface area contributed by atoms with Gasteiger partial charge in [0.05, 0.1) is 19.8 Å². The summed E-state index contributed by atoms with van der Waals surface area (Å²) in [5.74, 6) is 6.51. The normalized spacial score (nSPS) is 9.67. The fraction of sp³-hybridized carbons (Fsp3) is 0.500. The second-order valence-electron chi connectivity index (χ2n) is 4.59. The summed E-state index contributed by atoms with van der Waals surface area (Å²) in [5.41, 5.74) is 1.35. The zero-order valence-corrected chi connectivity index (χ0v) is 14.7. The molecule has 6 nitrogen and oxygen atoms in total. The standard InChI is InChI=1S/C18H25NO5/c1-5-9-10-24-18(20)19-15-11-14(13-21-6-2)17(23-8-4)16(12-15)22-7-3/h11-12H,6-8,10,13H2,1-4H3,(H,19,20). The number of carbonyl (C=O) groups is 1. The van der Waals surface area contributed by atoms with Gasteiger partial charge in [-0.2, -0.15) is 0 Å². The molecule has 1 amide bonds. The maximum atomic E-state index is 11.8. The topological polar surface area (TPSA) is 66.0 Å². The van der Waals surface area contributed by atoms with Crippen molar-refractivity contribution in [1.29, 1.82) is 0 Å². The van der Waals surface area contributed by atoms with E-state index in [1.165, 1.54) is 0 Å². The molecule has 0 aliphatic carbocycles. The zero-order chi connectivity index (χ0) is 17.8. The highest BCUT2D eigenvalue weighted by atomic mass is 16.5. The Morgan fingerprint density at radius 1 is 1.12 bits per heavy atom. The van der Waals surface area contributed by atoms with E-state index in [1.54, 1.807) is 19.1 Å². The van der Waals surface area contributed by atoms with Gasteiger partial charge < -0.3 is 18.9 Å². The highest BCUT2D eigenvalue weighted by molar-refractivity contribution is 5.85. The molecule has 1 aromatic carbocycles. The molecule has 0 unspecified atom stereocenters. The number of benzene rings is 1. The maximum absolute atomic E-state index is 11.8. The molecule has 0 fully saturated rings. The van der Waals surface area contributed by atoms with Crippen LogP contribution in [-0.2, 0) is 16.1 Å². The van der Waals surface area contributed by atoms with Crippen molar-refractivity contribution in [1.82, 2.24) is 0 Å². The van der Waals surface area contributed by atoms with E-state index in [9.17, 15) is 4.79 Å². The lowest BCUT2D eigenvalue weighted by Gasteiger charge is -2.17. The molecule has 0 aliphatic rings. The van der Waals surface area contributed by atoms with Gasteiger partial charge in [-0.15, -0.1) is 5.92 Å². The van der Waals surface area contributed by atoms with E-state index in [4.69, 9.17) is 18.9 Å². The van der Waals surface area contributed by atoms with Gasteiger partial charge in [-0.1, -0.05) is 5.92 Å². The molecule has 0 aromatic heterocycles. The molecule has 24 heavy (non-hydrogen) atoms. The van der Waals surface area contributed by atoms with Crippen LogP contribution in [0.1, 0.15) is 33.3 Å². The first kappa shape index (κ1) is 19.7. The Kier molecular flexibility index (Phi) is 9.17. The van der Waals surface area contributed by atoms with E-state index in [0.717, 1.165) is 5.56 Å². The lowest BCUT2D eigenvalue weighted by atomic mass is 10.1. The molecule has 0 saturated heterocycles.